The van der Waals surface area contributed by atoms with Crippen molar-refractivity contribution in [3.05, 3.63) is 18.6 Å². The molecule has 0 saturated carbocycles. The molecule has 7 heteroatoms. The summed E-state index contributed by atoms with van der Waals surface area (Å²) in [5.74, 6) is 0.776. The van der Waals surface area contributed by atoms with Gasteiger partial charge in [-0.25, -0.2) is 4.98 Å². The van der Waals surface area contributed by atoms with Gasteiger partial charge in [-0.15, -0.1) is 0 Å². The molecule has 2 aliphatic rings. The van der Waals surface area contributed by atoms with Gasteiger partial charge in [0.05, 0.1) is 6.20 Å². The number of likely N-dealkylation sites (tertiary alicyclic amines) is 1. The van der Waals surface area contributed by atoms with Gasteiger partial charge in [0.25, 0.3) is 0 Å². The molecular weight excluding hydrogens is 320 g/mol. The van der Waals surface area contributed by atoms with Crippen LogP contribution in [0.15, 0.2) is 18.6 Å². The van der Waals surface area contributed by atoms with Crippen molar-refractivity contribution in [1.82, 2.24) is 14.9 Å². The van der Waals surface area contributed by atoms with Crippen molar-refractivity contribution in [3.8, 4) is 0 Å². The van der Waals surface area contributed by atoms with E-state index >= 15 is 0 Å². The minimum Gasteiger partial charge on any atom is -0.481 e. The van der Waals surface area contributed by atoms with E-state index in [9.17, 15) is 9.59 Å². The van der Waals surface area contributed by atoms with Crippen LogP contribution in [0.2, 0.25) is 0 Å². The van der Waals surface area contributed by atoms with Gasteiger partial charge < -0.3 is 14.9 Å². The molecule has 0 aromatic carbocycles. The van der Waals surface area contributed by atoms with Gasteiger partial charge in [-0.1, -0.05) is 0 Å². The Morgan fingerprint density at radius 3 is 2.64 bits per heavy atom. The maximum absolute atomic E-state index is 12.8. The number of amides is 1. The van der Waals surface area contributed by atoms with Crippen LogP contribution in [0.1, 0.15) is 38.5 Å². The zero-order valence-corrected chi connectivity index (χ0v) is 14.5. The van der Waals surface area contributed by atoms with Crippen molar-refractivity contribution < 1.29 is 14.7 Å². The Bertz CT molecular complexity index is 587. The van der Waals surface area contributed by atoms with Crippen LogP contribution in [0, 0.1) is 11.8 Å². The lowest BCUT2D eigenvalue weighted by Gasteiger charge is -2.38. The number of carbonyl (C=O) groups is 2. The van der Waals surface area contributed by atoms with E-state index in [2.05, 4.69) is 14.9 Å². The second-order valence-corrected chi connectivity index (χ2v) is 7.05. The smallest absolute Gasteiger partial charge is 0.303 e. The van der Waals surface area contributed by atoms with Crippen LogP contribution in [0.4, 0.5) is 5.82 Å². The van der Waals surface area contributed by atoms with Crippen molar-refractivity contribution in [2.24, 2.45) is 11.8 Å². The van der Waals surface area contributed by atoms with E-state index in [4.69, 9.17) is 5.11 Å². The van der Waals surface area contributed by atoms with Crippen LogP contribution in [-0.2, 0) is 9.59 Å². The summed E-state index contributed by atoms with van der Waals surface area (Å²) >= 11 is 0. The highest BCUT2D eigenvalue weighted by atomic mass is 16.4. The molecule has 0 spiro atoms. The second kappa shape index (κ2) is 8.27. The molecule has 1 aromatic heterocycles. The fourth-order valence-electron chi connectivity index (χ4n) is 3.90. The number of nitrogens with zero attached hydrogens (tertiary/aromatic N) is 4. The predicted molar refractivity (Wildman–Crippen MR) is 93.1 cm³/mol. The molecule has 1 N–H and O–H groups in total. The lowest BCUT2D eigenvalue weighted by Crippen LogP contribution is -2.46. The van der Waals surface area contributed by atoms with Crippen LogP contribution in [0.5, 0.6) is 0 Å². The molecule has 2 aliphatic heterocycles. The molecule has 3 heterocycles. The summed E-state index contributed by atoms with van der Waals surface area (Å²) in [6.07, 6.45) is 9.68. The van der Waals surface area contributed by atoms with Gasteiger partial charge in [-0.2, -0.15) is 0 Å². The summed E-state index contributed by atoms with van der Waals surface area (Å²) in [7, 11) is 0. The van der Waals surface area contributed by atoms with Crippen molar-refractivity contribution in [2.45, 2.75) is 38.5 Å². The van der Waals surface area contributed by atoms with Crippen LogP contribution in [-0.4, -0.2) is 58.0 Å². The van der Waals surface area contributed by atoms with Gasteiger partial charge in [-0.05, 0) is 38.0 Å². The molecule has 7 nitrogen and oxygen atoms in total. The fraction of sp³-hybridized carbons (Fsp3) is 0.667. The Hall–Kier alpha value is -2.18. The highest BCUT2D eigenvalue weighted by molar-refractivity contribution is 5.79. The summed E-state index contributed by atoms with van der Waals surface area (Å²) in [4.78, 5) is 36.2. The zero-order valence-electron chi connectivity index (χ0n) is 14.5. The first-order valence-corrected chi connectivity index (χ1v) is 9.15. The van der Waals surface area contributed by atoms with E-state index in [0.29, 0.717) is 12.3 Å². The maximum Gasteiger partial charge on any atom is 0.303 e. The summed E-state index contributed by atoms with van der Waals surface area (Å²) in [6.45, 7) is 3.18. The van der Waals surface area contributed by atoms with Crippen LogP contribution in [0.25, 0.3) is 0 Å². The molecule has 1 atom stereocenters. The van der Waals surface area contributed by atoms with Gasteiger partial charge in [0.1, 0.15) is 5.82 Å². The van der Waals surface area contributed by atoms with E-state index < -0.39 is 5.97 Å². The molecule has 25 heavy (non-hydrogen) atoms. The van der Waals surface area contributed by atoms with E-state index in [1.807, 2.05) is 4.90 Å². The van der Waals surface area contributed by atoms with Gasteiger partial charge in [-0.3, -0.25) is 14.6 Å². The first-order valence-electron chi connectivity index (χ1n) is 9.15. The normalized spacial score (nSPS) is 22.0. The van der Waals surface area contributed by atoms with Gasteiger partial charge in [0.15, 0.2) is 0 Å². The number of carboxylic acid groups (broad SMARTS) is 1. The average molecular weight is 346 g/mol. The largest absolute Gasteiger partial charge is 0.481 e. The van der Waals surface area contributed by atoms with Crippen LogP contribution >= 0.6 is 0 Å². The van der Waals surface area contributed by atoms with Crippen LogP contribution in [0.3, 0.4) is 0 Å². The molecule has 2 saturated heterocycles. The molecule has 0 radical (unpaired) electrons. The number of carbonyl (C=O) groups excluding carboxylic acids is 1. The minimum absolute atomic E-state index is 0.0751. The predicted octanol–water partition coefficient (Wildman–Crippen LogP) is 1.80. The SMILES string of the molecule is O=C(O)CCC1CCCN(C(=O)C2CCN(c3cnccn3)CC2)C1. The second-order valence-electron chi connectivity index (χ2n) is 7.05. The van der Waals surface area contributed by atoms with Gasteiger partial charge >= 0.3 is 5.97 Å². The molecule has 0 aliphatic carbocycles. The van der Waals surface area contributed by atoms with E-state index in [-0.39, 0.29) is 18.2 Å². The molecule has 136 valence electrons. The molecule has 0 bridgehead atoms. The number of hydrogen-bond donors (Lipinski definition) is 1. The molecule has 1 amide bonds. The third kappa shape index (κ3) is 4.67. The van der Waals surface area contributed by atoms with E-state index in [0.717, 1.165) is 57.7 Å². The fourth-order valence-corrected chi connectivity index (χ4v) is 3.90. The standard InChI is InChI=1S/C18H26N4O3/c23-17(24)4-3-14-2-1-9-22(13-14)18(25)15-5-10-21(11-6-15)16-12-19-7-8-20-16/h7-8,12,14-15H,1-6,9-11,13H2,(H,23,24). The summed E-state index contributed by atoms with van der Waals surface area (Å²) in [6, 6.07) is 0. The van der Waals surface area contributed by atoms with Crippen molar-refractivity contribution >= 4 is 17.7 Å². The average Bonchev–Trinajstić information content (AvgIpc) is 2.67. The van der Waals surface area contributed by atoms with Crippen molar-refractivity contribution in [3.63, 3.8) is 0 Å². The number of anilines is 1. The molecule has 1 unspecified atom stereocenters. The topological polar surface area (TPSA) is 86.6 Å². The molecule has 3 rings (SSSR count). The Morgan fingerprint density at radius 1 is 1.16 bits per heavy atom. The number of hydrogen-bond acceptors (Lipinski definition) is 5. The zero-order chi connectivity index (χ0) is 17.6. The monoisotopic (exact) mass is 346 g/mol. The highest BCUT2D eigenvalue weighted by Gasteiger charge is 2.31. The Balaban J connectivity index is 1.49. The summed E-state index contributed by atoms with van der Waals surface area (Å²) in [5, 5.41) is 8.85. The lowest BCUT2D eigenvalue weighted by atomic mass is 9.90. The summed E-state index contributed by atoms with van der Waals surface area (Å²) in [5.41, 5.74) is 0. The molecule has 1 aromatic rings. The summed E-state index contributed by atoms with van der Waals surface area (Å²) < 4.78 is 0. The minimum atomic E-state index is -0.750. The third-order valence-electron chi connectivity index (χ3n) is 5.31. The van der Waals surface area contributed by atoms with Crippen molar-refractivity contribution in [1.29, 1.82) is 0 Å². The number of aromatic nitrogens is 2. The van der Waals surface area contributed by atoms with Gasteiger partial charge in [0.2, 0.25) is 5.91 Å². The van der Waals surface area contributed by atoms with Crippen molar-refractivity contribution in [2.75, 3.05) is 31.1 Å². The number of aliphatic carboxylic acids is 1. The quantitative estimate of drug-likeness (QED) is 0.875. The van der Waals surface area contributed by atoms with Crippen LogP contribution < -0.4 is 4.90 Å². The Morgan fingerprint density at radius 2 is 1.96 bits per heavy atom. The number of piperidine rings is 2. The number of rotatable bonds is 5. The number of carboxylic acids is 1. The Labute approximate surface area is 148 Å². The molecular formula is C18H26N4O3. The highest BCUT2D eigenvalue weighted by Crippen LogP contribution is 2.26. The van der Waals surface area contributed by atoms with E-state index in [1.165, 1.54) is 0 Å². The molecule has 2 fully saturated rings. The van der Waals surface area contributed by atoms with Gasteiger partial charge in [0, 0.05) is 50.9 Å². The first-order chi connectivity index (χ1) is 12.1. The third-order valence-corrected chi connectivity index (χ3v) is 5.31. The van der Waals surface area contributed by atoms with E-state index in [1.54, 1.807) is 18.6 Å². The Kier molecular flexibility index (Phi) is 5.83. The first kappa shape index (κ1) is 17.6. The lowest BCUT2D eigenvalue weighted by molar-refractivity contribution is -0.138. The maximum atomic E-state index is 12.8.